The number of carbonyl (C=O) groups is 1. The number of amides is 1. The molecule has 1 N–H and O–H groups in total. The summed E-state index contributed by atoms with van der Waals surface area (Å²) in [5.41, 5.74) is 2.23. The minimum absolute atomic E-state index is 0.215. The van der Waals surface area contributed by atoms with Gasteiger partial charge in [0, 0.05) is 37.0 Å². The highest BCUT2D eigenvalue weighted by Gasteiger charge is 2.37. The average Bonchev–Trinajstić information content (AvgIpc) is 3.23. The van der Waals surface area contributed by atoms with Gasteiger partial charge in [0.15, 0.2) is 0 Å². The van der Waals surface area contributed by atoms with Crippen LogP contribution >= 0.6 is 0 Å². The third-order valence-electron chi connectivity index (χ3n) is 5.80. The fourth-order valence-electron chi connectivity index (χ4n) is 4.22. The number of fused-ring (bicyclic) bond motifs is 2. The van der Waals surface area contributed by atoms with Gasteiger partial charge in [0.2, 0.25) is 17.6 Å². The van der Waals surface area contributed by atoms with E-state index < -0.39 is 0 Å². The van der Waals surface area contributed by atoms with Crippen molar-refractivity contribution < 1.29 is 9.32 Å². The molecule has 1 aromatic heterocycles. The van der Waals surface area contributed by atoms with E-state index in [9.17, 15) is 4.79 Å². The molecule has 144 valence electrons. The summed E-state index contributed by atoms with van der Waals surface area (Å²) in [7, 11) is 0. The highest BCUT2D eigenvalue weighted by molar-refractivity contribution is 5.77. The summed E-state index contributed by atoms with van der Waals surface area (Å²) in [6.07, 6.45) is 4.23. The second-order valence-electron chi connectivity index (χ2n) is 7.97. The third kappa shape index (κ3) is 3.90. The summed E-state index contributed by atoms with van der Waals surface area (Å²) in [5, 5.41) is 7.52. The number of rotatable bonds is 5. The van der Waals surface area contributed by atoms with Crippen molar-refractivity contribution in [1.82, 2.24) is 20.4 Å². The lowest BCUT2D eigenvalue weighted by Crippen LogP contribution is -2.42. The number of aromatic nitrogens is 2. The van der Waals surface area contributed by atoms with Gasteiger partial charge in [-0.25, -0.2) is 0 Å². The maximum atomic E-state index is 12.8. The Hall–Kier alpha value is -2.21. The fraction of sp³-hybridized carbons (Fsp3) is 0.571. The minimum atomic E-state index is 0.215. The van der Waals surface area contributed by atoms with Crippen molar-refractivity contribution in [1.29, 1.82) is 0 Å². The normalized spacial score (nSPS) is 22.3. The number of hydrogen-bond acceptors (Lipinski definition) is 5. The van der Waals surface area contributed by atoms with E-state index >= 15 is 0 Å². The number of hydrogen-bond donors (Lipinski definition) is 1. The molecule has 2 aromatic rings. The largest absolute Gasteiger partial charge is 0.339 e. The standard InChI is InChI=1S/C21H28N4O2/c1-14(2)15-3-5-16(6-4-15)21-23-19(27-24-21)9-10-20(26)25-17-7-8-18(25)13-22-12-11-17/h3-6,14,17-18,22H,7-13H2,1-2H3. The lowest BCUT2D eigenvalue weighted by Gasteiger charge is -2.27. The van der Waals surface area contributed by atoms with Gasteiger partial charge in [-0.2, -0.15) is 4.98 Å². The Balaban J connectivity index is 1.37. The molecule has 2 aliphatic rings. The molecule has 0 spiro atoms. The van der Waals surface area contributed by atoms with E-state index in [2.05, 4.69) is 46.3 Å². The van der Waals surface area contributed by atoms with Crippen molar-refractivity contribution in [3.05, 3.63) is 35.7 Å². The van der Waals surface area contributed by atoms with Crippen molar-refractivity contribution in [3.8, 4) is 11.4 Å². The average molecular weight is 368 g/mol. The zero-order valence-corrected chi connectivity index (χ0v) is 16.1. The van der Waals surface area contributed by atoms with Crippen LogP contribution in [0.5, 0.6) is 0 Å². The first-order chi connectivity index (χ1) is 13.1. The van der Waals surface area contributed by atoms with E-state index in [1.165, 1.54) is 5.56 Å². The Labute approximate surface area is 160 Å². The summed E-state index contributed by atoms with van der Waals surface area (Å²) in [6.45, 7) is 6.27. The van der Waals surface area contributed by atoms with Gasteiger partial charge in [-0.15, -0.1) is 0 Å². The zero-order chi connectivity index (χ0) is 18.8. The Morgan fingerprint density at radius 1 is 1.22 bits per heavy atom. The van der Waals surface area contributed by atoms with Gasteiger partial charge in [-0.3, -0.25) is 4.79 Å². The molecule has 1 aromatic carbocycles. The molecule has 0 aliphatic carbocycles. The number of nitrogens with zero attached hydrogens (tertiary/aromatic N) is 3. The molecule has 1 amide bonds. The Kier molecular flexibility index (Phi) is 5.25. The first kappa shape index (κ1) is 18.2. The lowest BCUT2D eigenvalue weighted by atomic mass is 10.0. The van der Waals surface area contributed by atoms with Gasteiger partial charge in [0.05, 0.1) is 0 Å². The first-order valence-corrected chi connectivity index (χ1v) is 10.1. The summed E-state index contributed by atoms with van der Waals surface area (Å²) in [6, 6.07) is 9.00. The maximum Gasteiger partial charge on any atom is 0.227 e. The van der Waals surface area contributed by atoms with Crippen LogP contribution in [-0.4, -0.2) is 46.1 Å². The van der Waals surface area contributed by atoms with E-state index in [0.29, 0.717) is 42.6 Å². The maximum absolute atomic E-state index is 12.8. The fourth-order valence-corrected chi connectivity index (χ4v) is 4.22. The van der Waals surface area contributed by atoms with Gasteiger partial charge in [0.25, 0.3) is 0 Å². The highest BCUT2D eigenvalue weighted by atomic mass is 16.5. The smallest absolute Gasteiger partial charge is 0.227 e. The molecule has 4 rings (SSSR count). The van der Waals surface area contributed by atoms with E-state index in [0.717, 1.165) is 37.9 Å². The molecule has 27 heavy (non-hydrogen) atoms. The van der Waals surface area contributed by atoms with Crippen LogP contribution in [0.4, 0.5) is 0 Å². The molecule has 6 nitrogen and oxygen atoms in total. The molecule has 6 heteroatoms. The number of aryl methyl sites for hydroxylation is 1. The van der Waals surface area contributed by atoms with E-state index in [-0.39, 0.29) is 5.91 Å². The molecule has 2 bridgehead atoms. The molecule has 2 atom stereocenters. The second-order valence-corrected chi connectivity index (χ2v) is 7.97. The highest BCUT2D eigenvalue weighted by Crippen LogP contribution is 2.29. The van der Waals surface area contributed by atoms with Crippen LogP contribution in [0.15, 0.2) is 28.8 Å². The molecular weight excluding hydrogens is 340 g/mol. The summed E-state index contributed by atoms with van der Waals surface area (Å²) in [5.74, 6) is 1.83. The Bertz CT molecular complexity index is 770. The summed E-state index contributed by atoms with van der Waals surface area (Å²) in [4.78, 5) is 19.4. The Morgan fingerprint density at radius 3 is 2.78 bits per heavy atom. The number of carbonyl (C=O) groups excluding carboxylic acids is 1. The summed E-state index contributed by atoms with van der Waals surface area (Å²) < 4.78 is 5.38. The van der Waals surface area contributed by atoms with Crippen LogP contribution in [0.1, 0.15) is 56.9 Å². The molecular formula is C21H28N4O2. The molecule has 2 fully saturated rings. The van der Waals surface area contributed by atoms with E-state index in [1.54, 1.807) is 0 Å². The van der Waals surface area contributed by atoms with Crippen molar-refractivity contribution in [3.63, 3.8) is 0 Å². The van der Waals surface area contributed by atoms with Gasteiger partial charge < -0.3 is 14.7 Å². The molecule has 0 saturated carbocycles. The van der Waals surface area contributed by atoms with Crippen LogP contribution in [0, 0.1) is 0 Å². The van der Waals surface area contributed by atoms with Crippen LogP contribution in [0.2, 0.25) is 0 Å². The van der Waals surface area contributed by atoms with Crippen molar-refractivity contribution in [2.75, 3.05) is 13.1 Å². The van der Waals surface area contributed by atoms with E-state index in [4.69, 9.17) is 4.52 Å². The topological polar surface area (TPSA) is 71.3 Å². The lowest BCUT2D eigenvalue weighted by molar-refractivity contribution is -0.133. The van der Waals surface area contributed by atoms with Crippen molar-refractivity contribution >= 4 is 5.91 Å². The molecule has 2 unspecified atom stereocenters. The van der Waals surface area contributed by atoms with Crippen LogP contribution in [0.25, 0.3) is 11.4 Å². The molecule has 2 aliphatic heterocycles. The van der Waals surface area contributed by atoms with Crippen LogP contribution < -0.4 is 5.32 Å². The van der Waals surface area contributed by atoms with E-state index in [1.807, 2.05) is 12.1 Å². The summed E-state index contributed by atoms with van der Waals surface area (Å²) >= 11 is 0. The van der Waals surface area contributed by atoms with Gasteiger partial charge in [0.1, 0.15) is 0 Å². The third-order valence-corrected chi connectivity index (χ3v) is 5.80. The monoisotopic (exact) mass is 368 g/mol. The first-order valence-electron chi connectivity index (χ1n) is 10.1. The van der Waals surface area contributed by atoms with Crippen molar-refractivity contribution in [2.45, 2.75) is 64.0 Å². The molecule has 3 heterocycles. The molecule has 0 radical (unpaired) electrons. The number of nitrogens with one attached hydrogen (secondary N) is 1. The quantitative estimate of drug-likeness (QED) is 0.878. The predicted molar refractivity (Wildman–Crippen MR) is 103 cm³/mol. The van der Waals surface area contributed by atoms with Crippen LogP contribution in [-0.2, 0) is 11.2 Å². The molecule has 2 saturated heterocycles. The van der Waals surface area contributed by atoms with Gasteiger partial charge in [-0.05, 0) is 37.3 Å². The second kappa shape index (κ2) is 7.80. The van der Waals surface area contributed by atoms with Gasteiger partial charge >= 0.3 is 0 Å². The van der Waals surface area contributed by atoms with Crippen LogP contribution in [0.3, 0.4) is 0 Å². The zero-order valence-electron chi connectivity index (χ0n) is 16.1. The van der Waals surface area contributed by atoms with Crippen molar-refractivity contribution in [2.24, 2.45) is 0 Å². The number of benzene rings is 1. The Morgan fingerprint density at radius 2 is 2.00 bits per heavy atom. The SMILES string of the molecule is CC(C)c1ccc(-c2noc(CCC(=O)N3C4CCNCC3CC4)n2)cc1. The van der Waals surface area contributed by atoms with Gasteiger partial charge in [-0.1, -0.05) is 43.3 Å². The minimum Gasteiger partial charge on any atom is -0.339 e. The predicted octanol–water partition coefficient (Wildman–Crippen LogP) is 3.15.